The Balaban J connectivity index is 2.32. The third-order valence-electron chi connectivity index (χ3n) is 2.54. The molecule has 2 N–H and O–H groups in total. The van der Waals surface area contributed by atoms with Crippen molar-refractivity contribution in [2.45, 2.75) is 13.0 Å². The maximum atomic E-state index is 5.23. The summed E-state index contributed by atoms with van der Waals surface area (Å²) in [5.74, 6) is 1.64. The predicted molar refractivity (Wildman–Crippen MR) is 64.9 cm³/mol. The van der Waals surface area contributed by atoms with Gasteiger partial charge in [-0.2, -0.15) is 5.10 Å². The summed E-state index contributed by atoms with van der Waals surface area (Å²) in [6, 6.07) is 7.94. The molecule has 90 valence electrons. The topological polar surface area (TPSA) is 62.8 Å². The summed E-state index contributed by atoms with van der Waals surface area (Å²) in [5.41, 5.74) is 1.10. The van der Waals surface area contributed by atoms with Gasteiger partial charge in [0.2, 0.25) is 0 Å². The highest BCUT2D eigenvalue weighted by atomic mass is 16.5. The van der Waals surface area contributed by atoms with Gasteiger partial charge in [-0.3, -0.25) is 5.10 Å². The van der Waals surface area contributed by atoms with E-state index in [2.05, 4.69) is 27.4 Å². The summed E-state index contributed by atoms with van der Waals surface area (Å²) < 4.78 is 5.23. The Morgan fingerprint density at radius 1 is 1.47 bits per heavy atom. The summed E-state index contributed by atoms with van der Waals surface area (Å²) in [5, 5.41) is 10.1. The molecule has 0 aliphatic carbocycles. The Morgan fingerprint density at radius 3 is 3.00 bits per heavy atom. The van der Waals surface area contributed by atoms with E-state index in [4.69, 9.17) is 4.74 Å². The monoisotopic (exact) mass is 232 g/mol. The molecule has 0 saturated heterocycles. The lowest BCUT2D eigenvalue weighted by molar-refractivity contribution is 0.413. The summed E-state index contributed by atoms with van der Waals surface area (Å²) in [4.78, 5) is 4.20. The first-order valence-electron chi connectivity index (χ1n) is 5.57. The van der Waals surface area contributed by atoms with Gasteiger partial charge in [-0.1, -0.05) is 19.1 Å². The lowest BCUT2D eigenvalue weighted by Gasteiger charge is -2.16. The molecule has 1 aromatic carbocycles. The van der Waals surface area contributed by atoms with Crippen molar-refractivity contribution < 1.29 is 4.74 Å². The van der Waals surface area contributed by atoms with Crippen LogP contribution in [-0.4, -0.2) is 28.8 Å². The second-order valence-electron chi connectivity index (χ2n) is 3.64. The molecule has 5 nitrogen and oxygen atoms in total. The van der Waals surface area contributed by atoms with Crippen molar-refractivity contribution in [1.29, 1.82) is 0 Å². The van der Waals surface area contributed by atoms with Gasteiger partial charge in [0, 0.05) is 0 Å². The number of benzene rings is 1. The van der Waals surface area contributed by atoms with Crippen LogP contribution in [0.15, 0.2) is 30.6 Å². The first-order chi connectivity index (χ1) is 8.35. The van der Waals surface area contributed by atoms with Gasteiger partial charge in [-0.25, -0.2) is 4.98 Å². The van der Waals surface area contributed by atoms with E-state index in [1.165, 1.54) is 6.33 Å². The molecule has 0 bridgehead atoms. The fourth-order valence-corrected chi connectivity index (χ4v) is 1.75. The molecular formula is C12H16N4O. The van der Waals surface area contributed by atoms with Crippen LogP contribution in [0.1, 0.15) is 24.4 Å². The van der Waals surface area contributed by atoms with Gasteiger partial charge in [0.25, 0.3) is 0 Å². The largest absolute Gasteiger partial charge is 0.497 e. The molecule has 17 heavy (non-hydrogen) atoms. The molecule has 0 radical (unpaired) electrons. The van der Waals surface area contributed by atoms with Gasteiger partial charge in [-0.05, 0) is 24.2 Å². The van der Waals surface area contributed by atoms with E-state index in [0.29, 0.717) is 0 Å². The second kappa shape index (κ2) is 5.45. The first kappa shape index (κ1) is 11.6. The SMILES string of the molecule is CCNC(c1cccc(OC)c1)c1ncn[nH]1. The van der Waals surface area contributed by atoms with Crippen molar-refractivity contribution in [3.63, 3.8) is 0 Å². The normalized spacial score (nSPS) is 12.4. The highest BCUT2D eigenvalue weighted by Crippen LogP contribution is 2.22. The Labute approximate surface area is 100 Å². The van der Waals surface area contributed by atoms with Crippen molar-refractivity contribution in [3.05, 3.63) is 42.0 Å². The molecule has 5 heteroatoms. The smallest absolute Gasteiger partial charge is 0.145 e. The maximum absolute atomic E-state index is 5.23. The zero-order chi connectivity index (χ0) is 12.1. The Bertz CT molecular complexity index is 455. The van der Waals surface area contributed by atoms with Crippen molar-refractivity contribution in [2.75, 3.05) is 13.7 Å². The van der Waals surface area contributed by atoms with Gasteiger partial charge in [0.15, 0.2) is 0 Å². The van der Waals surface area contributed by atoms with E-state index in [9.17, 15) is 0 Å². The number of hydrogen-bond donors (Lipinski definition) is 2. The second-order valence-corrected chi connectivity index (χ2v) is 3.64. The molecule has 0 aliphatic heterocycles. The fraction of sp³-hybridized carbons (Fsp3) is 0.333. The molecule has 2 rings (SSSR count). The molecule has 0 saturated carbocycles. The Morgan fingerprint density at radius 2 is 2.35 bits per heavy atom. The molecule has 0 spiro atoms. The number of methoxy groups -OCH3 is 1. The summed E-state index contributed by atoms with van der Waals surface area (Å²) in [6.07, 6.45) is 1.51. The maximum Gasteiger partial charge on any atom is 0.145 e. The number of hydrogen-bond acceptors (Lipinski definition) is 4. The molecule has 0 amide bonds. The minimum atomic E-state index is 0.0117. The molecule has 1 heterocycles. The van der Waals surface area contributed by atoms with E-state index in [-0.39, 0.29) is 6.04 Å². The number of nitrogens with one attached hydrogen (secondary N) is 2. The van der Waals surface area contributed by atoms with Crippen LogP contribution >= 0.6 is 0 Å². The van der Waals surface area contributed by atoms with Crippen LogP contribution in [0.3, 0.4) is 0 Å². The average molecular weight is 232 g/mol. The predicted octanol–water partition coefficient (Wildman–Crippen LogP) is 1.51. The molecule has 1 aromatic heterocycles. The number of nitrogens with zero attached hydrogens (tertiary/aromatic N) is 2. The number of ether oxygens (including phenoxy) is 1. The van der Waals surface area contributed by atoms with Gasteiger partial charge in [-0.15, -0.1) is 0 Å². The first-order valence-corrected chi connectivity index (χ1v) is 5.57. The number of rotatable bonds is 5. The Kier molecular flexibility index (Phi) is 3.72. The van der Waals surface area contributed by atoms with Crippen molar-refractivity contribution in [1.82, 2.24) is 20.5 Å². The summed E-state index contributed by atoms with van der Waals surface area (Å²) >= 11 is 0. The van der Waals surface area contributed by atoms with Gasteiger partial charge in [0.05, 0.1) is 13.2 Å². The third-order valence-corrected chi connectivity index (χ3v) is 2.54. The number of aromatic nitrogens is 3. The van der Waals surface area contributed by atoms with Crippen LogP contribution in [0.5, 0.6) is 5.75 Å². The zero-order valence-electron chi connectivity index (χ0n) is 9.97. The average Bonchev–Trinajstić information content (AvgIpc) is 2.89. The lowest BCUT2D eigenvalue weighted by atomic mass is 10.1. The minimum absolute atomic E-state index is 0.0117. The van der Waals surface area contributed by atoms with Crippen LogP contribution in [0.2, 0.25) is 0 Å². The number of H-pyrrole nitrogens is 1. The number of aromatic amines is 1. The molecule has 1 atom stereocenters. The molecule has 0 fully saturated rings. The van der Waals surface area contributed by atoms with E-state index in [1.54, 1.807) is 7.11 Å². The van der Waals surface area contributed by atoms with Gasteiger partial charge < -0.3 is 10.1 Å². The third kappa shape index (κ3) is 2.62. The van der Waals surface area contributed by atoms with Crippen LogP contribution < -0.4 is 10.1 Å². The highest BCUT2D eigenvalue weighted by molar-refractivity contribution is 5.33. The van der Waals surface area contributed by atoms with Crippen LogP contribution in [0.4, 0.5) is 0 Å². The highest BCUT2D eigenvalue weighted by Gasteiger charge is 2.15. The molecule has 1 unspecified atom stereocenters. The van der Waals surface area contributed by atoms with Crippen molar-refractivity contribution in [2.24, 2.45) is 0 Å². The van der Waals surface area contributed by atoms with Crippen molar-refractivity contribution in [3.8, 4) is 5.75 Å². The zero-order valence-corrected chi connectivity index (χ0v) is 9.97. The summed E-state index contributed by atoms with van der Waals surface area (Å²) in [7, 11) is 1.66. The van der Waals surface area contributed by atoms with Gasteiger partial charge in [0.1, 0.15) is 17.9 Å². The van der Waals surface area contributed by atoms with E-state index < -0.39 is 0 Å². The van der Waals surface area contributed by atoms with Crippen LogP contribution in [0.25, 0.3) is 0 Å². The molecular weight excluding hydrogens is 216 g/mol. The minimum Gasteiger partial charge on any atom is -0.497 e. The standard InChI is InChI=1S/C12H16N4O/c1-3-13-11(12-14-8-15-16-12)9-5-4-6-10(7-9)17-2/h4-8,11,13H,3H2,1-2H3,(H,14,15,16). The van der Waals surface area contributed by atoms with Gasteiger partial charge >= 0.3 is 0 Å². The fourth-order valence-electron chi connectivity index (χ4n) is 1.75. The van der Waals surface area contributed by atoms with Crippen LogP contribution in [-0.2, 0) is 0 Å². The van der Waals surface area contributed by atoms with E-state index in [1.807, 2.05) is 24.3 Å². The Hall–Kier alpha value is -1.88. The van der Waals surface area contributed by atoms with E-state index >= 15 is 0 Å². The summed E-state index contributed by atoms with van der Waals surface area (Å²) in [6.45, 7) is 2.91. The van der Waals surface area contributed by atoms with E-state index in [0.717, 1.165) is 23.7 Å². The lowest BCUT2D eigenvalue weighted by Crippen LogP contribution is -2.23. The molecule has 2 aromatic rings. The molecule has 0 aliphatic rings. The van der Waals surface area contributed by atoms with Crippen molar-refractivity contribution >= 4 is 0 Å². The van der Waals surface area contributed by atoms with Crippen LogP contribution in [0, 0.1) is 0 Å². The quantitative estimate of drug-likeness (QED) is 0.820.